The summed E-state index contributed by atoms with van der Waals surface area (Å²) in [6.07, 6.45) is 3.04. The van der Waals surface area contributed by atoms with E-state index in [0.29, 0.717) is 12.4 Å². The summed E-state index contributed by atoms with van der Waals surface area (Å²) in [5, 5.41) is 3.23. The van der Waals surface area contributed by atoms with Gasteiger partial charge in [0, 0.05) is 6.08 Å². The second-order valence-electron chi connectivity index (χ2n) is 5.51. The number of carbonyl (C=O) groups excluding carboxylic acids is 1. The Bertz CT molecular complexity index is 632. The highest BCUT2D eigenvalue weighted by Gasteiger charge is 2.14. The lowest BCUT2D eigenvalue weighted by atomic mass is 10.0. The minimum atomic E-state index is -0.0342. The fraction of sp³-hybridized carbons (Fsp3) is 0.250. The maximum absolute atomic E-state index is 11.0. The van der Waals surface area contributed by atoms with Crippen LogP contribution < -0.4 is 5.32 Å². The monoisotopic (exact) mass is 309 g/mol. The second kappa shape index (κ2) is 8.91. The van der Waals surface area contributed by atoms with Crippen molar-refractivity contribution in [2.45, 2.75) is 26.0 Å². The first-order valence-electron chi connectivity index (χ1n) is 7.78. The van der Waals surface area contributed by atoms with Gasteiger partial charge in [0.1, 0.15) is 18.7 Å². The van der Waals surface area contributed by atoms with Crippen molar-refractivity contribution in [3.8, 4) is 0 Å². The summed E-state index contributed by atoms with van der Waals surface area (Å²) in [7, 11) is 1.88. The molecule has 0 aliphatic rings. The van der Waals surface area contributed by atoms with Crippen LogP contribution in [0.2, 0.25) is 0 Å². The van der Waals surface area contributed by atoms with Gasteiger partial charge in [0.2, 0.25) is 0 Å². The summed E-state index contributed by atoms with van der Waals surface area (Å²) in [5.74, 6) is 0.659. The number of allylic oxidation sites excluding steroid dienone is 1. The molecule has 0 spiro atoms. The molecule has 0 aromatic heterocycles. The van der Waals surface area contributed by atoms with E-state index in [2.05, 4.69) is 36.5 Å². The third-order valence-corrected chi connectivity index (χ3v) is 3.73. The lowest BCUT2D eigenvalue weighted by Crippen LogP contribution is -2.31. The van der Waals surface area contributed by atoms with E-state index in [9.17, 15) is 4.79 Å². The van der Waals surface area contributed by atoms with E-state index in [-0.39, 0.29) is 6.04 Å². The number of likely N-dealkylation sites (N-methyl/N-ethyl adjacent to an activating group) is 1. The highest BCUT2D eigenvalue weighted by atomic mass is 16.5. The van der Waals surface area contributed by atoms with E-state index in [1.54, 1.807) is 0 Å². The SMILES string of the molecule is CNC(Cc1ccccc1)/C(=C\C=O)OCc1ccc(C)cc1. The van der Waals surface area contributed by atoms with Gasteiger partial charge in [0.05, 0.1) is 6.04 Å². The third kappa shape index (κ3) is 5.38. The van der Waals surface area contributed by atoms with E-state index in [0.717, 1.165) is 18.3 Å². The van der Waals surface area contributed by atoms with Gasteiger partial charge in [-0.05, 0) is 31.5 Å². The zero-order valence-corrected chi connectivity index (χ0v) is 13.7. The Morgan fingerprint density at radius 2 is 1.78 bits per heavy atom. The van der Waals surface area contributed by atoms with Crippen molar-refractivity contribution in [2.24, 2.45) is 0 Å². The average molecular weight is 309 g/mol. The minimum Gasteiger partial charge on any atom is -0.491 e. The number of ether oxygens (including phenoxy) is 1. The number of aryl methyl sites for hydroxylation is 1. The van der Waals surface area contributed by atoms with Crippen LogP contribution in [0.4, 0.5) is 0 Å². The molecule has 0 aliphatic heterocycles. The van der Waals surface area contributed by atoms with Crippen molar-refractivity contribution in [1.29, 1.82) is 0 Å². The summed E-state index contributed by atoms with van der Waals surface area (Å²) >= 11 is 0. The Hall–Kier alpha value is -2.39. The molecule has 2 aromatic rings. The first kappa shape index (κ1) is 17.0. The van der Waals surface area contributed by atoms with Gasteiger partial charge in [-0.2, -0.15) is 0 Å². The van der Waals surface area contributed by atoms with Crippen molar-refractivity contribution in [3.05, 3.63) is 83.1 Å². The van der Waals surface area contributed by atoms with Crippen molar-refractivity contribution in [3.63, 3.8) is 0 Å². The van der Waals surface area contributed by atoms with Gasteiger partial charge in [-0.25, -0.2) is 0 Å². The molecule has 23 heavy (non-hydrogen) atoms. The van der Waals surface area contributed by atoms with Crippen LogP contribution in [0.3, 0.4) is 0 Å². The van der Waals surface area contributed by atoms with Crippen LogP contribution in [-0.2, 0) is 22.6 Å². The number of aldehydes is 1. The Labute approximate surface area is 138 Å². The smallest absolute Gasteiger partial charge is 0.146 e. The summed E-state index contributed by atoms with van der Waals surface area (Å²) in [6.45, 7) is 2.51. The molecular weight excluding hydrogens is 286 g/mol. The predicted molar refractivity (Wildman–Crippen MR) is 93.1 cm³/mol. The number of hydrogen-bond acceptors (Lipinski definition) is 3. The molecular formula is C20H23NO2. The topological polar surface area (TPSA) is 38.3 Å². The molecule has 0 saturated carbocycles. The van der Waals surface area contributed by atoms with E-state index in [1.165, 1.54) is 17.2 Å². The maximum atomic E-state index is 11.0. The lowest BCUT2D eigenvalue weighted by molar-refractivity contribution is -0.104. The molecule has 0 heterocycles. The Balaban J connectivity index is 2.04. The summed E-state index contributed by atoms with van der Waals surface area (Å²) < 4.78 is 5.90. The molecule has 3 heteroatoms. The van der Waals surface area contributed by atoms with Crippen LogP contribution in [0.5, 0.6) is 0 Å². The molecule has 2 aromatic carbocycles. The molecule has 2 rings (SSSR count). The van der Waals surface area contributed by atoms with Gasteiger partial charge in [0.15, 0.2) is 0 Å². The highest BCUT2D eigenvalue weighted by molar-refractivity contribution is 5.65. The predicted octanol–water partition coefficient (Wildman–Crippen LogP) is 3.43. The van der Waals surface area contributed by atoms with Crippen molar-refractivity contribution < 1.29 is 9.53 Å². The van der Waals surface area contributed by atoms with Gasteiger partial charge in [-0.3, -0.25) is 4.79 Å². The first-order chi connectivity index (χ1) is 11.2. The second-order valence-corrected chi connectivity index (χ2v) is 5.51. The Kier molecular flexibility index (Phi) is 6.57. The molecule has 120 valence electrons. The summed E-state index contributed by atoms with van der Waals surface area (Å²) in [4.78, 5) is 11.0. The van der Waals surface area contributed by atoms with E-state index in [1.807, 2.05) is 37.4 Å². The van der Waals surface area contributed by atoms with Gasteiger partial charge in [-0.1, -0.05) is 60.2 Å². The van der Waals surface area contributed by atoms with Crippen molar-refractivity contribution in [1.82, 2.24) is 5.32 Å². The molecule has 0 amide bonds. The van der Waals surface area contributed by atoms with Crippen LogP contribution in [-0.4, -0.2) is 19.4 Å². The number of benzene rings is 2. The zero-order chi connectivity index (χ0) is 16.5. The normalized spacial score (nSPS) is 12.7. The fourth-order valence-electron chi connectivity index (χ4n) is 2.38. The molecule has 0 radical (unpaired) electrons. The van der Waals surface area contributed by atoms with Crippen LogP contribution in [0.15, 0.2) is 66.4 Å². The van der Waals surface area contributed by atoms with Gasteiger partial charge in [-0.15, -0.1) is 0 Å². The van der Waals surface area contributed by atoms with Crippen molar-refractivity contribution in [2.75, 3.05) is 7.05 Å². The lowest BCUT2D eigenvalue weighted by Gasteiger charge is -2.20. The number of carbonyl (C=O) groups is 1. The molecule has 0 saturated heterocycles. The van der Waals surface area contributed by atoms with Gasteiger partial charge in [0.25, 0.3) is 0 Å². The molecule has 0 bridgehead atoms. The molecule has 1 N–H and O–H groups in total. The maximum Gasteiger partial charge on any atom is 0.146 e. The summed E-state index contributed by atoms with van der Waals surface area (Å²) in [5.41, 5.74) is 3.50. The van der Waals surface area contributed by atoms with Gasteiger partial charge >= 0.3 is 0 Å². The van der Waals surface area contributed by atoms with Crippen LogP contribution in [0.25, 0.3) is 0 Å². The zero-order valence-electron chi connectivity index (χ0n) is 13.7. The van der Waals surface area contributed by atoms with E-state index >= 15 is 0 Å². The quantitative estimate of drug-likeness (QED) is 0.461. The number of nitrogens with one attached hydrogen (secondary N) is 1. The summed E-state index contributed by atoms with van der Waals surface area (Å²) in [6, 6.07) is 18.3. The van der Waals surface area contributed by atoms with Crippen LogP contribution in [0, 0.1) is 6.92 Å². The Morgan fingerprint density at radius 3 is 2.39 bits per heavy atom. The average Bonchev–Trinajstić information content (AvgIpc) is 2.59. The van der Waals surface area contributed by atoms with Gasteiger partial charge < -0.3 is 10.1 Å². The number of hydrogen-bond donors (Lipinski definition) is 1. The molecule has 1 atom stereocenters. The van der Waals surface area contributed by atoms with E-state index in [4.69, 9.17) is 4.74 Å². The molecule has 0 fully saturated rings. The largest absolute Gasteiger partial charge is 0.491 e. The minimum absolute atomic E-state index is 0.0342. The van der Waals surface area contributed by atoms with Crippen molar-refractivity contribution >= 4 is 6.29 Å². The molecule has 0 aliphatic carbocycles. The van der Waals surface area contributed by atoms with E-state index < -0.39 is 0 Å². The Morgan fingerprint density at radius 1 is 1.09 bits per heavy atom. The molecule has 1 unspecified atom stereocenters. The van der Waals surface area contributed by atoms with Crippen LogP contribution >= 0.6 is 0 Å². The standard InChI is InChI=1S/C20H23NO2/c1-16-8-10-18(11-9-16)15-23-20(12-13-22)19(21-2)14-17-6-4-3-5-7-17/h3-13,19,21H,14-15H2,1-2H3/b20-12+. The molecule has 3 nitrogen and oxygen atoms in total. The first-order valence-corrected chi connectivity index (χ1v) is 7.78. The number of rotatable bonds is 8. The van der Waals surface area contributed by atoms with Crippen LogP contribution in [0.1, 0.15) is 16.7 Å². The third-order valence-electron chi connectivity index (χ3n) is 3.73. The highest BCUT2D eigenvalue weighted by Crippen LogP contribution is 2.14. The fourth-order valence-corrected chi connectivity index (χ4v) is 2.38.